The molecule has 6 nitrogen and oxygen atoms in total. The van der Waals surface area contributed by atoms with Gasteiger partial charge in [0.15, 0.2) is 11.0 Å². The fraction of sp³-hybridized carbons (Fsp3) is 0.412. The first-order valence-electron chi connectivity index (χ1n) is 8.24. The van der Waals surface area contributed by atoms with Gasteiger partial charge in [0.05, 0.1) is 10.9 Å². The lowest BCUT2D eigenvalue weighted by Gasteiger charge is -2.09. The van der Waals surface area contributed by atoms with Gasteiger partial charge in [0.25, 0.3) is 0 Å². The fourth-order valence-electron chi connectivity index (χ4n) is 2.29. The van der Waals surface area contributed by atoms with Crippen molar-refractivity contribution < 1.29 is 4.52 Å². The first-order valence-corrected chi connectivity index (χ1v) is 9.50. The van der Waals surface area contributed by atoms with Crippen LogP contribution in [-0.4, -0.2) is 24.9 Å². The van der Waals surface area contributed by atoms with Crippen LogP contribution in [0.15, 0.2) is 34.2 Å². The van der Waals surface area contributed by atoms with E-state index in [2.05, 4.69) is 27.3 Å². The highest BCUT2D eigenvalue weighted by Gasteiger charge is 2.19. The maximum atomic E-state index is 6.23. The van der Waals surface area contributed by atoms with Crippen molar-refractivity contribution in [3.63, 3.8) is 0 Å². The van der Waals surface area contributed by atoms with Gasteiger partial charge in [0, 0.05) is 11.4 Å². The Morgan fingerprint density at radius 1 is 1.36 bits per heavy atom. The minimum Gasteiger partial charge on any atom is -0.338 e. The Balaban J connectivity index is 1.76. The summed E-state index contributed by atoms with van der Waals surface area (Å²) >= 11 is 7.76. The zero-order valence-corrected chi connectivity index (χ0v) is 16.0. The molecule has 2 aromatic heterocycles. The first-order chi connectivity index (χ1) is 12.1. The molecule has 8 heteroatoms. The standard InChI is InChI=1S/C17H20ClN5OS/c1-4-5-6-15-20-16(24-22-15)12(3)25-17-21-19-10-23(17)13-8-7-11(2)14(18)9-13/h7-10,12H,4-6H2,1-3H3. The molecule has 0 bridgehead atoms. The summed E-state index contributed by atoms with van der Waals surface area (Å²) < 4.78 is 7.30. The van der Waals surface area contributed by atoms with E-state index in [4.69, 9.17) is 16.1 Å². The van der Waals surface area contributed by atoms with Crippen molar-refractivity contribution in [3.05, 3.63) is 46.8 Å². The van der Waals surface area contributed by atoms with Crippen LogP contribution in [0.4, 0.5) is 0 Å². The first kappa shape index (κ1) is 17.9. The number of nitrogens with zero attached hydrogens (tertiary/aromatic N) is 5. The molecule has 3 rings (SSSR count). The molecule has 0 spiro atoms. The Morgan fingerprint density at radius 2 is 2.20 bits per heavy atom. The number of aryl methyl sites for hydroxylation is 2. The van der Waals surface area contributed by atoms with Crippen LogP contribution in [0.5, 0.6) is 0 Å². The van der Waals surface area contributed by atoms with Crippen LogP contribution in [0.3, 0.4) is 0 Å². The molecule has 25 heavy (non-hydrogen) atoms. The van der Waals surface area contributed by atoms with E-state index in [9.17, 15) is 0 Å². The molecule has 0 fully saturated rings. The average Bonchev–Trinajstić information content (AvgIpc) is 3.25. The predicted octanol–water partition coefficient (Wildman–Crippen LogP) is 4.81. The smallest absolute Gasteiger partial charge is 0.239 e. The van der Waals surface area contributed by atoms with Crippen LogP contribution in [0.2, 0.25) is 5.02 Å². The van der Waals surface area contributed by atoms with E-state index in [-0.39, 0.29) is 5.25 Å². The summed E-state index contributed by atoms with van der Waals surface area (Å²) in [5.41, 5.74) is 1.95. The summed E-state index contributed by atoms with van der Waals surface area (Å²) in [5, 5.41) is 13.7. The Morgan fingerprint density at radius 3 is 2.96 bits per heavy atom. The zero-order valence-electron chi connectivity index (χ0n) is 14.4. The van der Waals surface area contributed by atoms with Gasteiger partial charge in [0.1, 0.15) is 6.33 Å². The third-order valence-electron chi connectivity index (χ3n) is 3.82. The van der Waals surface area contributed by atoms with Crippen LogP contribution >= 0.6 is 23.4 Å². The van der Waals surface area contributed by atoms with E-state index < -0.39 is 0 Å². The monoisotopic (exact) mass is 377 g/mol. The van der Waals surface area contributed by atoms with Crippen molar-refractivity contribution in [1.82, 2.24) is 24.9 Å². The van der Waals surface area contributed by atoms with Gasteiger partial charge in [0.2, 0.25) is 5.89 Å². The SMILES string of the molecule is CCCCc1noc(C(C)Sc2nncn2-c2ccc(C)c(Cl)c2)n1. The van der Waals surface area contributed by atoms with Crippen LogP contribution in [0, 0.1) is 6.92 Å². The molecule has 0 radical (unpaired) electrons. The number of thioether (sulfide) groups is 1. The van der Waals surface area contributed by atoms with Crippen LogP contribution in [-0.2, 0) is 6.42 Å². The highest BCUT2D eigenvalue weighted by atomic mass is 35.5. The molecule has 1 unspecified atom stereocenters. The Kier molecular flexibility index (Phi) is 5.75. The van der Waals surface area contributed by atoms with Crippen LogP contribution in [0.25, 0.3) is 5.69 Å². The molecule has 1 aromatic carbocycles. The number of aromatic nitrogens is 5. The molecule has 0 aliphatic carbocycles. The molecule has 2 heterocycles. The fourth-order valence-corrected chi connectivity index (χ4v) is 3.34. The number of benzene rings is 1. The molecule has 0 N–H and O–H groups in total. The molecule has 3 aromatic rings. The van der Waals surface area contributed by atoms with Gasteiger partial charge in [-0.1, -0.05) is 47.9 Å². The number of rotatable bonds is 7. The van der Waals surface area contributed by atoms with Crippen molar-refractivity contribution in [2.24, 2.45) is 0 Å². The summed E-state index contributed by atoms with van der Waals surface area (Å²) in [6, 6.07) is 5.88. The van der Waals surface area contributed by atoms with Gasteiger partial charge in [-0.15, -0.1) is 10.2 Å². The van der Waals surface area contributed by atoms with E-state index in [0.717, 1.165) is 41.5 Å². The second-order valence-electron chi connectivity index (χ2n) is 5.83. The third-order valence-corrected chi connectivity index (χ3v) is 5.27. The molecule has 0 saturated carbocycles. The molecule has 1 atom stereocenters. The van der Waals surface area contributed by atoms with E-state index >= 15 is 0 Å². The van der Waals surface area contributed by atoms with Crippen molar-refractivity contribution in [3.8, 4) is 5.69 Å². The van der Waals surface area contributed by atoms with Gasteiger partial charge in [-0.05, 0) is 38.0 Å². The molecule has 0 aliphatic rings. The number of unbranched alkanes of at least 4 members (excludes halogenated alkanes) is 1. The van der Waals surface area contributed by atoms with Gasteiger partial charge in [-0.2, -0.15) is 4.98 Å². The maximum absolute atomic E-state index is 6.23. The molecular formula is C17H20ClN5OS. The lowest BCUT2D eigenvalue weighted by molar-refractivity contribution is 0.374. The normalized spacial score (nSPS) is 12.5. The summed E-state index contributed by atoms with van der Waals surface area (Å²) in [4.78, 5) is 4.48. The summed E-state index contributed by atoms with van der Waals surface area (Å²) in [7, 11) is 0. The minimum atomic E-state index is -0.0215. The van der Waals surface area contributed by atoms with Gasteiger partial charge in [-0.3, -0.25) is 4.57 Å². The van der Waals surface area contributed by atoms with Crippen molar-refractivity contribution in [2.75, 3.05) is 0 Å². The lowest BCUT2D eigenvalue weighted by Crippen LogP contribution is -1.98. The van der Waals surface area contributed by atoms with Crippen molar-refractivity contribution in [1.29, 1.82) is 0 Å². The third kappa shape index (κ3) is 4.22. The molecule has 0 aliphatic heterocycles. The van der Waals surface area contributed by atoms with Gasteiger partial charge >= 0.3 is 0 Å². The number of hydrogen-bond donors (Lipinski definition) is 0. The van der Waals surface area contributed by atoms with E-state index in [1.807, 2.05) is 36.6 Å². The number of hydrogen-bond acceptors (Lipinski definition) is 6. The number of halogens is 1. The molecular weight excluding hydrogens is 358 g/mol. The summed E-state index contributed by atoms with van der Waals surface area (Å²) in [6.07, 6.45) is 4.69. The average molecular weight is 378 g/mol. The second kappa shape index (κ2) is 8.01. The topological polar surface area (TPSA) is 69.6 Å². The van der Waals surface area contributed by atoms with Gasteiger partial charge in [-0.25, -0.2) is 0 Å². The van der Waals surface area contributed by atoms with Crippen LogP contribution < -0.4 is 0 Å². The molecule has 0 saturated heterocycles. The largest absolute Gasteiger partial charge is 0.338 e. The minimum absolute atomic E-state index is 0.0215. The summed E-state index contributed by atoms with van der Waals surface area (Å²) in [5.74, 6) is 1.36. The van der Waals surface area contributed by atoms with Crippen molar-refractivity contribution >= 4 is 23.4 Å². The zero-order chi connectivity index (χ0) is 17.8. The van der Waals surface area contributed by atoms with E-state index in [0.29, 0.717) is 10.9 Å². The quantitative estimate of drug-likeness (QED) is 0.550. The predicted molar refractivity (Wildman–Crippen MR) is 98.3 cm³/mol. The van der Waals surface area contributed by atoms with Gasteiger partial charge < -0.3 is 4.52 Å². The highest BCUT2D eigenvalue weighted by Crippen LogP contribution is 2.34. The molecule has 0 amide bonds. The summed E-state index contributed by atoms with van der Waals surface area (Å²) in [6.45, 7) is 6.13. The van der Waals surface area contributed by atoms with E-state index in [1.54, 1.807) is 6.33 Å². The Hall–Kier alpha value is -1.86. The second-order valence-corrected chi connectivity index (χ2v) is 7.54. The lowest BCUT2D eigenvalue weighted by atomic mass is 10.2. The Labute approximate surface area is 156 Å². The molecule has 132 valence electrons. The van der Waals surface area contributed by atoms with E-state index in [1.165, 1.54) is 11.8 Å². The highest BCUT2D eigenvalue weighted by molar-refractivity contribution is 7.99. The van der Waals surface area contributed by atoms with Crippen molar-refractivity contribution in [2.45, 2.75) is 50.4 Å². The Bertz CT molecular complexity index is 847. The maximum Gasteiger partial charge on any atom is 0.239 e. The van der Waals surface area contributed by atoms with Crippen LogP contribution in [0.1, 0.15) is 49.2 Å².